The zero-order chi connectivity index (χ0) is 12.8. The normalized spacial score (nSPS) is 11.9. The van der Waals surface area contributed by atoms with Crippen molar-refractivity contribution in [2.45, 2.75) is 12.6 Å². The summed E-state index contributed by atoms with van der Waals surface area (Å²) in [7, 11) is 1.74. The van der Waals surface area contributed by atoms with Crippen LogP contribution in [0.3, 0.4) is 0 Å². The highest BCUT2D eigenvalue weighted by Crippen LogP contribution is 1.94. The van der Waals surface area contributed by atoms with Crippen molar-refractivity contribution in [1.82, 2.24) is 20.4 Å². The van der Waals surface area contributed by atoms with E-state index in [1.165, 1.54) is 0 Å². The van der Waals surface area contributed by atoms with E-state index in [2.05, 4.69) is 15.7 Å². The average Bonchev–Trinajstić information content (AvgIpc) is 2.68. The predicted octanol–water partition coefficient (Wildman–Crippen LogP) is -1.34. The summed E-state index contributed by atoms with van der Waals surface area (Å²) in [6, 6.07) is 1.19. The minimum absolute atomic E-state index is 0.269. The monoisotopic (exact) mass is 242 g/mol. The van der Waals surface area contributed by atoms with Crippen LogP contribution in [0, 0.1) is 0 Å². The number of carboxylic acid groups (broad SMARTS) is 1. The first-order chi connectivity index (χ1) is 8.00. The SMILES string of the molecule is Cn1nccc1CNC(=O)NC[C@H](O)C(=O)O. The lowest BCUT2D eigenvalue weighted by atomic mass is 10.3. The number of rotatable bonds is 5. The fourth-order valence-electron chi connectivity index (χ4n) is 1.08. The largest absolute Gasteiger partial charge is 0.479 e. The van der Waals surface area contributed by atoms with Gasteiger partial charge >= 0.3 is 12.0 Å². The fraction of sp³-hybridized carbons (Fsp3) is 0.444. The van der Waals surface area contributed by atoms with E-state index in [-0.39, 0.29) is 13.1 Å². The highest BCUT2D eigenvalue weighted by molar-refractivity contribution is 5.76. The van der Waals surface area contributed by atoms with E-state index in [1.54, 1.807) is 24.0 Å². The Morgan fingerprint density at radius 2 is 2.24 bits per heavy atom. The van der Waals surface area contributed by atoms with Crippen molar-refractivity contribution in [3.8, 4) is 0 Å². The molecular formula is C9H14N4O4. The summed E-state index contributed by atoms with van der Waals surface area (Å²) in [5.74, 6) is -1.38. The van der Waals surface area contributed by atoms with E-state index in [0.717, 1.165) is 5.69 Å². The quantitative estimate of drug-likeness (QED) is 0.510. The number of aliphatic hydroxyl groups excluding tert-OH is 1. The molecule has 0 spiro atoms. The van der Waals surface area contributed by atoms with Crippen LogP contribution in [0.1, 0.15) is 5.69 Å². The molecule has 2 amide bonds. The van der Waals surface area contributed by atoms with Crippen molar-refractivity contribution in [1.29, 1.82) is 0 Å². The molecule has 0 aliphatic carbocycles. The minimum atomic E-state index is -1.60. The number of nitrogens with one attached hydrogen (secondary N) is 2. The van der Waals surface area contributed by atoms with E-state index in [4.69, 9.17) is 10.2 Å². The third-order valence-electron chi connectivity index (χ3n) is 2.09. The molecule has 17 heavy (non-hydrogen) atoms. The van der Waals surface area contributed by atoms with Gasteiger partial charge in [-0.25, -0.2) is 9.59 Å². The Balaban J connectivity index is 2.27. The van der Waals surface area contributed by atoms with E-state index in [9.17, 15) is 9.59 Å². The molecule has 8 heteroatoms. The summed E-state index contributed by atoms with van der Waals surface area (Å²) in [6.45, 7) is -0.0714. The molecule has 0 aliphatic rings. The maximum atomic E-state index is 11.2. The van der Waals surface area contributed by atoms with Gasteiger partial charge in [0, 0.05) is 13.2 Å². The number of amides is 2. The number of carbonyl (C=O) groups is 2. The van der Waals surface area contributed by atoms with Crippen LogP contribution in [0.4, 0.5) is 4.79 Å². The molecule has 0 saturated heterocycles. The number of aromatic nitrogens is 2. The van der Waals surface area contributed by atoms with Crippen LogP contribution in [0.2, 0.25) is 0 Å². The molecule has 8 nitrogen and oxygen atoms in total. The smallest absolute Gasteiger partial charge is 0.334 e. The molecular weight excluding hydrogens is 228 g/mol. The molecule has 0 aliphatic heterocycles. The maximum absolute atomic E-state index is 11.2. The highest BCUT2D eigenvalue weighted by Gasteiger charge is 2.13. The second-order valence-electron chi connectivity index (χ2n) is 3.36. The summed E-state index contributed by atoms with van der Waals surface area (Å²) in [5, 5.41) is 26.0. The molecule has 94 valence electrons. The zero-order valence-electron chi connectivity index (χ0n) is 9.25. The van der Waals surface area contributed by atoms with Crippen molar-refractivity contribution in [2.75, 3.05) is 6.54 Å². The van der Waals surface area contributed by atoms with Crippen LogP contribution in [-0.4, -0.2) is 44.6 Å². The first-order valence-corrected chi connectivity index (χ1v) is 4.90. The van der Waals surface area contributed by atoms with Gasteiger partial charge in [0.05, 0.1) is 18.8 Å². The topological polar surface area (TPSA) is 116 Å². The van der Waals surface area contributed by atoms with Crippen molar-refractivity contribution in [3.63, 3.8) is 0 Å². The Bertz CT molecular complexity index is 403. The fourth-order valence-corrected chi connectivity index (χ4v) is 1.08. The summed E-state index contributed by atoms with van der Waals surface area (Å²) in [6.07, 6.45) is 0.000717. The molecule has 0 aromatic carbocycles. The van der Waals surface area contributed by atoms with Gasteiger partial charge in [0.2, 0.25) is 0 Å². The lowest BCUT2D eigenvalue weighted by Gasteiger charge is -2.09. The predicted molar refractivity (Wildman–Crippen MR) is 57.1 cm³/mol. The van der Waals surface area contributed by atoms with Crippen LogP contribution >= 0.6 is 0 Å². The third-order valence-corrected chi connectivity index (χ3v) is 2.09. The van der Waals surface area contributed by atoms with Gasteiger partial charge in [0.25, 0.3) is 0 Å². The Kier molecular flexibility index (Phi) is 4.46. The second-order valence-corrected chi connectivity index (χ2v) is 3.36. The molecule has 4 N–H and O–H groups in total. The van der Waals surface area contributed by atoms with Crippen LogP contribution < -0.4 is 10.6 Å². The average molecular weight is 242 g/mol. The van der Waals surface area contributed by atoms with Crippen LogP contribution in [0.15, 0.2) is 12.3 Å². The standard InChI is InChI=1S/C9H14N4O4/c1-13-6(2-3-12-13)4-10-9(17)11-5-7(14)8(15)16/h2-3,7,14H,4-5H2,1H3,(H,15,16)(H2,10,11,17)/t7-/m0/s1. The summed E-state index contributed by atoms with van der Waals surface area (Å²) < 4.78 is 1.60. The van der Waals surface area contributed by atoms with E-state index < -0.39 is 18.1 Å². The molecule has 0 saturated carbocycles. The number of aryl methyl sites for hydroxylation is 1. The molecule has 1 atom stereocenters. The summed E-state index contributed by atoms with van der Waals surface area (Å²) in [5.41, 5.74) is 0.805. The Labute approximate surface area is 97.2 Å². The number of carbonyl (C=O) groups excluding carboxylic acids is 1. The summed E-state index contributed by atoms with van der Waals surface area (Å²) in [4.78, 5) is 21.5. The number of urea groups is 1. The number of hydrogen-bond donors (Lipinski definition) is 4. The molecule has 1 rings (SSSR count). The van der Waals surface area contributed by atoms with Gasteiger partial charge in [0.1, 0.15) is 0 Å². The zero-order valence-corrected chi connectivity index (χ0v) is 9.25. The number of carboxylic acids is 1. The molecule has 1 heterocycles. The van der Waals surface area contributed by atoms with Gasteiger partial charge in [-0.2, -0.15) is 5.10 Å². The van der Waals surface area contributed by atoms with Crippen molar-refractivity contribution >= 4 is 12.0 Å². The van der Waals surface area contributed by atoms with Gasteiger partial charge in [-0.1, -0.05) is 0 Å². The minimum Gasteiger partial charge on any atom is -0.479 e. The lowest BCUT2D eigenvalue weighted by molar-refractivity contribution is -0.146. The van der Waals surface area contributed by atoms with Gasteiger partial charge in [-0.15, -0.1) is 0 Å². The van der Waals surface area contributed by atoms with Crippen LogP contribution in [-0.2, 0) is 18.4 Å². The first kappa shape index (κ1) is 13.0. The molecule has 1 aromatic heterocycles. The third kappa shape index (κ3) is 4.11. The number of hydrogen-bond acceptors (Lipinski definition) is 4. The van der Waals surface area contributed by atoms with E-state index in [1.807, 2.05) is 0 Å². The van der Waals surface area contributed by atoms with Gasteiger partial charge in [0.15, 0.2) is 6.10 Å². The van der Waals surface area contributed by atoms with Crippen LogP contribution in [0.25, 0.3) is 0 Å². The molecule has 1 aromatic rings. The van der Waals surface area contributed by atoms with Gasteiger partial charge < -0.3 is 20.8 Å². The highest BCUT2D eigenvalue weighted by atomic mass is 16.4. The maximum Gasteiger partial charge on any atom is 0.334 e. The number of aliphatic carboxylic acids is 1. The summed E-state index contributed by atoms with van der Waals surface area (Å²) >= 11 is 0. The molecule has 0 unspecified atom stereocenters. The molecule has 0 radical (unpaired) electrons. The Morgan fingerprint density at radius 1 is 1.53 bits per heavy atom. The number of aliphatic hydroxyl groups is 1. The second kappa shape index (κ2) is 5.85. The van der Waals surface area contributed by atoms with E-state index in [0.29, 0.717) is 0 Å². The van der Waals surface area contributed by atoms with E-state index >= 15 is 0 Å². The number of nitrogens with zero attached hydrogens (tertiary/aromatic N) is 2. The molecule has 0 bridgehead atoms. The Morgan fingerprint density at radius 3 is 2.76 bits per heavy atom. The van der Waals surface area contributed by atoms with Gasteiger partial charge in [-0.05, 0) is 6.07 Å². The van der Waals surface area contributed by atoms with Crippen LogP contribution in [0.5, 0.6) is 0 Å². The van der Waals surface area contributed by atoms with Crippen molar-refractivity contribution in [3.05, 3.63) is 18.0 Å². The lowest BCUT2D eigenvalue weighted by Crippen LogP contribution is -2.41. The molecule has 0 fully saturated rings. The van der Waals surface area contributed by atoms with Crippen molar-refractivity contribution < 1.29 is 19.8 Å². The Hall–Kier alpha value is -2.09. The van der Waals surface area contributed by atoms with Gasteiger partial charge in [-0.3, -0.25) is 4.68 Å². The first-order valence-electron chi connectivity index (χ1n) is 4.90. The van der Waals surface area contributed by atoms with Crippen molar-refractivity contribution in [2.24, 2.45) is 7.05 Å².